The van der Waals surface area contributed by atoms with Gasteiger partial charge in [0.25, 0.3) is 20.0 Å². The van der Waals surface area contributed by atoms with Gasteiger partial charge in [0.2, 0.25) is 0 Å². The normalized spacial score (nSPS) is 15.5. The maximum Gasteiger partial charge on any atom is 0.264 e. The Morgan fingerprint density at radius 1 is 0.709 bits per heavy atom. The summed E-state index contributed by atoms with van der Waals surface area (Å²) >= 11 is 0. The van der Waals surface area contributed by atoms with Crippen molar-refractivity contribution in [2.24, 2.45) is 11.8 Å². The minimum atomic E-state index is -3.61. The number of nitrogens with one attached hydrogen (secondary N) is 1. The monoisotopic (exact) mass is 784 g/mol. The molecule has 55 heavy (non-hydrogen) atoms. The molecule has 4 aromatic carbocycles. The highest BCUT2D eigenvalue weighted by molar-refractivity contribution is 7.93. The topological polar surface area (TPSA) is 131 Å². The molecule has 0 aliphatic heterocycles. The number of sulfonamides is 2. The van der Waals surface area contributed by atoms with Crippen LogP contribution in [0.3, 0.4) is 0 Å². The molecule has 0 atom stereocenters. The van der Waals surface area contributed by atoms with Crippen molar-refractivity contribution in [3.05, 3.63) is 103 Å². The lowest BCUT2D eigenvalue weighted by molar-refractivity contribution is 0.423. The quantitative estimate of drug-likeness (QED) is 0.128. The van der Waals surface area contributed by atoms with Gasteiger partial charge in [-0.25, -0.2) is 21.8 Å². The Kier molecular flexibility index (Phi) is 12.2. The zero-order chi connectivity index (χ0) is 39.4. The molecule has 2 aliphatic carbocycles. The van der Waals surface area contributed by atoms with E-state index in [1.807, 2.05) is 30.3 Å². The molecule has 5 aromatic rings. The van der Waals surface area contributed by atoms with Crippen LogP contribution in [0.4, 0.5) is 22.7 Å². The lowest BCUT2D eigenvalue weighted by atomic mass is 9.95. The molecule has 1 heterocycles. The van der Waals surface area contributed by atoms with E-state index in [1.54, 1.807) is 80.8 Å². The average molecular weight is 785 g/mol. The first-order valence-corrected chi connectivity index (χ1v) is 22.3. The first-order valence-electron chi connectivity index (χ1n) is 19.4. The minimum absolute atomic E-state index is 0.0835. The zero-order valence-electron chi connectivity index (χ0n) is 32.8. The van der Waals surface area contributed by atoms with Crippen LogP contribution in [0.15, 0.2) is 107 Å². The fraction of sp³-hybridized carbons (Fsp3) is 0.419. The summed E-state index contributed by atoms with van der Waals surface area (Å²) in [4.78, 5) is 5.52. The van der Waals surface area contributed by atoms with Crippen molar-refractivity contribution >= 4 is 53.8 Å². The smallest absolute Gasteiger partial charge is 0.264 e. The summed E-state index contributed by atoms with van der Waals surface area (Å²) in [7, 11) is -4.06. The number of imidazole rings is 1. The Labute approximate surface area is 327 Å². The van der Waals surface area contributed by atoms with Crippen molar-refractivity contribution in [2.75, 3.05) is 40.3 Å². The van der Waals surface area contributed by atoms with Gasteiger partial charge in [-0.1, -0.05) is 82.9 Å². The Bertz CT molecular complexity index is 2280. The number of nitrogens with two attached hydrogens (primary N) is 1. The van der Waals surface area contributed by atoms with Crippen molar-refractivity contribution in [3.8, 4) is 0 Å². The second kappa shape index (κ2) is 16.7. The lowest BCUT2D eigenvalue weighted by Crippen LogP contribution is -2.26. The molecule has 12 heteroatoms. The van der Waals surface area contributed by atoms with Crippen LogP contribution >= 0.6 is 0 Å². The maximum atomic E-state index is 13.0. The van der Waals surface area contributed by atoms with Crippen LogP contribution in [0, 0.1) is 11.8 Å². The Balaban J connectivity index is 0.000000190. The number of hydrogen-bond acceptors (Lipinski definition) is 7. The maximum absolute atomic E-state index is 13.0. The van der Waals surface area contributed by atoms with Crippen molar-refractivity contribution in [2.45, 2.75) is 93.9 Å². The summed E-state index contributed by atoms with van der Waals surface area (Å²) in [5.74, 6) is 2.47. The third kappa shape index (κ3) is 9.13. The molecule has 2 fully saturated rings. The first-order chi connectivity index (χ1) is 26.2. The number of rotatable bonds is 11. The molecular formula is C43H56N6O4S2. The number of hydrogen-bond donors (Lipinski definition) is 2. The van der Waals surface area contributed by atoms with E-state index in [0.29, 0.717) is 28.9 Å². The molecule has 294 valence electrons. The number of aromatic nitrogens is 2. The fourth-order valence-electron chi connectivity index (χ4n) is 7.68. The highest BCUT2D eigenvalue weighted by atomic mass is 32.2. The summed E-state index contributed by atoms with van der Waals surface area (Å²) in [6.45, 7) is 8.47. The highest BCUT2D eigenvalue weighted by Gasteiger charge is 2.28. The molecule has 1 aromatic heterocycles. The summed E-state index contributed by atoms with van der Waals surface area (Å²) in [6.07, 6.45) is 10.3. The SMILES string of the molecule is CN(c1ccc(NCC2CCCC2)c(N)c1)S(=O)(=O)c1ccccc1.CN(c1ccc2c(c1)nc(C(C)(C)C)n2CC1CCCC1)S(=O)(=O)c1ccccc1. The van der Waals surface area contributed by atoms with E-state index < -0.39 is 20.0 Å². The highest BCUT2D eigenvalue weighted by Crippen LogP contribution is 2.34. The van der Waals surface area contributed by atoms with Crippen LogP contribution < -0.4 is 19.7 Å². The van der Waals surface area contributed by atoms with Crippen LogP contribution in [-0.2, 0) is 32.0 Å². The van der Waals surface area contributed by atoms with Crippen LogP contribution in [0.1, 0.15) is 78.0 Å². The van der Waals surface area contributed by atoms with E-state index in [4.69, 9.17) is 10.7 Å². The summed E-state index contributed by atoms with van der Waals surface area (Å²) < 4.78 is 56.4. The fourth-order valence-corrected chi connectivity index (χ4v) is 10.1. The van der Waals surface area contributed by atoms with Crippen LogP contribution in [-0.4, -0.2) is 47.0 Å². The number of nitrogen functional groups attached to an aromatic ring is 1. The third-order valence-corrected chi connectivity index (χ3v) is 14.5. The van der Waals surface area contributed by atoms with E-state index in [-0.39, 0.29) is 15.2 Å². The Morgan fingerprint density at radius 2 is 1.20 bits per heavy atom. The molecule has 2 aliphatic rings. The Morgan fingerprint density at radius 3 is 1.71 bits per heavy atom. The van der Waals surface area contributed by atoms with E-state index >= 15 is 0 Å². The van der Waals surface area contributed by atoms with Crippen molar-refractivity contribution in [1.82, 2.24) is 9.55 Å². The zero-order valence-corrected chi connectivity index (χ0v) is 34.4. The molecule has 7 rings (SSSR count). The lowest BCUT2D eigenvalue weighted by Gasteiger charge is -2.22. The summed E-state index contributed by atoms with van der Waals surface area (Å²) in [5.41, 5.74) is 10.6. The van der Waals surface area contributed by atoms with Gasteiger partial charge in [-0.15, -0.1) is 0 Å². The van der Waals surface area contributed by atoms with Gasteiger partial charge in [0.05, 0.1) is 43.6 Å². The number of nitrogens with zero attached hydrogens (tertiary/aromatic N) is 4. The van der Waals surface area contributed by atoms with Crippen molar-refractivity contribution < 1.29 is 16.8 Å². The molecule has 2 saturated carbocycles. The molecule has 10 nitrogen and oxygen atoms in total. The number of benzene rings is 4. The molecule has 0 amide bonds. The predicted octanol–water partition coefficient (Wildman–Crippen LogP) is 9.05. The van der Waals surface area contributed by atoms with E-state index in [2.05, 4.69) is 30.7 Å². The van der Waals surface area contributed by atoms with Gasteiger partial charge in [-0.2, -0.15) is 0 Å². The van der Waals surface area contributed by atoms with E-state index in [0.717, 1.165) is 35.6 Å². The van der Waals surface area contributed by atoms with E-state index in [9.17, 15) is 16.8 Å². The van der Waals surface area contributed by atoms with E-state index in [1.165, 1.54) is 60.0 Å². The van der Waals surface area contributed by atoms with Crippen LogP contribution in [0.2, 0.25) is 0 Å². The second-order valence-corrected chi connectivity index (χ2v) is 19.9. The number of anilines is 4. The van der Waals surface area contributed by atoms with Gasteiger partial charge in [-0.3, -0.25) is 8.61 Å². The van der Waals surface area contributed by atoms with Gasteiger partial charge >= 0.3 is 0 Å². The molecular weight excluding hydrogens is 729 g/mol. The average Bonchev–Trinajstić information content (AvgIpc) is 3.97. The molecule has 0 bridgehead atoms. The minimum Gasteiger partial charge on any atom is -0.397 e. The van der Waals surface area contributed by atoms with Gasteiger partial charge in [0, 0.05) is 32.6 Å². The predicted molar refractivity (Wildman–Crippen MR) is 226 cm³/mol. The molecule has 3 N–H and O–H groups in total. The first kappa shape index (κ1) is 40.1. The van der Waals surface area contributed by atoms with Gasteiger partial charge in [0.15, 0.2) is 0 Å². The summed E-state index contributed by atoms with van der Waals surface area (Å²) in [6, 6.07) is 28.1. The van der Waals surface area contributed by atoms with Crippen LogP contribution in [0.25, 0.3) is 11.0 Å². The third-order valence-electron chi connectivity index (χ3n) is 10.9. The molecule has 0 saturated heterocycles. The Hall–Kier alpha value is -4.55. The molecule has 0 radical (unpaired) electrons. The van der Waals surface area contributed by atoms with Crippen molar-refractivity contribution in [3.63, 3.8) is 0 Å². The number of fused-ring (bicyclic) bond motifs is 1. The van der Waals surface area contributed by atoms with Crippen LogP contribution in [0.5, 0.6) is 0 Å². The second-order valence-electron chi connectivity index (χ2n) is 16.0. The summed E-state index contributed by atoms with van der Waals surface area (Å²) in [5, 5.41) is 3.40. The standard InChI is InChI=1S/C24H31N3O2S.C19H25N3O2S/c1-24(2,3)23-25-21-16-19(26(4)30(28,29)20-12-6-5-7-13-20)14-15-22(21)27(23)17-18-10-8-9-11-18;1-22(25(23,24)17-9-3-2-4-10-17)16-11-12-19(18(20)13-16)21-14-15-7-5-6-8-15/h5-7,12-16,18H,8-11,17H2,1-4H3;2-4,9-13,15,21H,5-8,14,20H2,1H3. The van der Waals surface area contributed by atoms with Crippen molar-refractivity contribution in [1.29, 1.82) is 0 Å². The van der Waals surface area contributed by atoms with Gasteiger partial charge < -0.3 is 15.6 Å². The largest absolute Gasteiger partial charge is 0.397 e. The van der Waals surface area contributed by atoms with Gasteiger partial charge in [0.1, 0.15) is 5.82 Å². The molecule has 0 spiro atoms. The van der Waals surface area contributed by atoms with Gasteiger partial charge in [-0.05, 0) is 98.2 Å². The molecule has 0 unspecified atom stereocenters.